The van der Waals surface area contributed by atoms with Crippen LogP contribution in [-0.2, 0) is 4.79 Å². The van der Waals surface area contributed by atoms with Crippen LogP contribution in [0.2, 0.25) is 0 Å². The minimum atomic E-state index is -1.08. The second-order valence-corrected chi connectivity index (χ2v) is 7.77. The lowest BCUT2D eigenvalue weighted by atomic mass is 9.67. The van der Waals surface area contributed by atoms with E-state index in [4.69, 9.17) is 0 Å². The lowest BCUT2D eigenvalue weighted by Crippen LogP contribution is -2.67. The van der Waals surface area contributed by atoms with Crippen LogP contribution in [0.5, 0.6) is 0 Å². The first kappa shape index (κ1) is 16.7. The highest BCUT2D eigenvalue weighted by Gasteiger charge is 2.55. The smallest absolute Gasteiger partial charge is 0.408 e. The molecule has 2 amide bonds. The highest BCUT2D eigenvalue weighted by molar-refractivity contribution is 7.10. The van der Waals surface area contributed by atoms with Crippen molar-refractivity contribution in [2.24, 2.45) is 5.41 Å². The van der Waals surface area contributed by atoms with Gasteiger partial charge in [0.25, 0.3) is 5.91 Å². The average Bonchev–Trinajstić information content (AvgIpc) is 2.82. The molecular formula is C15H23N3O3S. The van der Waals surface area contributed by atoms with Gasteiger partial charge in [-0.25, -0.2) is 9.78 Å². The van der Waals surface area contributed by atoms with Crippen LogP contribution in [0, 0.1) is 12.3 Å². The summed E-state index contributed by atoms with van der Waals surface area (Å²) in [7, 11) is 0. The number of likely N-dealkylation sites (tertiary alicyclic amines) is 1. The Morgan fingerprint density at radius 1 is 1.41 bits per heavy atom. The Morgan fingerprint density at radius 2 is 2.09 bits per heavy atom. The zero-order valence-electron chi connectivity index (χ0n) is 13.5. The van der Waals surface area contributed by atoms with Crippen molar-refractivity contribution in [2.45, 2.75) is 52.5 Å². The fourth-order valence-electron chi connectivity index (χ4n) is 3.23. The molecule has 1 atom stereocenters. The van der Waals surface area contributed by atoms with Crippen LogP contribution < -0.4 is 5.32 Å². The maximum Gasteiger partial charge on any atom is 0.408 e. The number of rotatable bonds is 2. The largest absolute Gasteiger partial charge is 0.465 e. The van der Waals surface area contributed by atoms with Crippen LogP contribution in [0.25, 0.3) is 0 Å². The summed E-state index contributed by atoms with van der Waals surface area (Å²) in [6.45, 7) is 8.02. The molecule has 0 saturated carbocycles. The monoisotopic (exact) mass is 325 g/mol. The molecule has 7 heteroatoms. The Morgan fingerprint density at radius 3 is 2.59 bits per heavy atom. The Balaban J connectivity index is 2.42. The molecule has 0 radical (unpaired) electrons. The number of amides is 2. The molecule has 2 N–H and O–H groups in total. The third-order valence-corrected chi connectivity index (χ3v) is 5.21. The van der Waals surface area contributed by atoms with Gasteiger partial charge >= 0.3 is 6.09 Å². The van der Waals surface area contributed by atoms with E-state index in [1.165, 1.54) is 16.2 Å². The molecule has 0 spiro atoms. The molecule has 6 nitrogen and oxygen atoms in total. The third-order valence-electron chi connectivity index (χ3n) is 4.46. The van der Waals surface area contributed by atoms with Crippen LogP contribution in [0.15, 0.2) is 5.51 Å². The van der Waals surface area contributed by atoms with Gasteiger partial charge in [-0.05, 0) is 31.6 Å². The van der Waals surface area contributed by atoms with Gasteiger partial charge in [-0.2, -0.15) is 0 Å². The molecule has 1 aromatic rings. The standard InChI is InChI=1S/C15H23N3O3S/c1-10-11(16-9-22-10)17-12(19)15(14(2,3)4)7-5-6-8-18(15)13(20)21/h9H,5-8H2,1-4H3,(H,17,19)(H,20,21)/t15-/m1/s1. The van der Waals surface area contributed by atoms with Gasteiger partial charge in [0.1, 0.15) is 11.4 Å². The Labute approximate surface area is 134 Å². The molecule has 1 aliphatic rings. The van der Waals surface area contributed by atoms with Gasteiger partial charge in [0.15, 0.2) is 0 Å². The van der Waals surface area contributed by atoms with Crippen molar-refractivity contribution >= 4 is 29.2 Å². The van der Waals surface area contributed by atoms with Gasteiger partial charge in [0.2, 0.25) is 0 Å². The van der Waals surface area contributed by atoms with Gasteiger partial charge < -0.3 is 10.4 Å². The molecule has 1 aliphatic heterocycles. The van der Waals surface area contributed by atoms with E-state index in [0.29, 0.717) is 18.8 Å². The van der Waals surface area contributed by atoms with Gasteiger partial charge in [0, 0.05) is 11.4 Å². The molecule has 122 valence electrons. The summed E-state index contributed by atoms with van der Waals surface area (Å²) in [5.41, 5.74) is 0.0809. The maximum absolute atomic E-state index is 13.0. The summed E-state index contributed by atoms with van der Waals surface area (Å²) in [5.74, 6) is 0.241. The van der Waals surface area contributed by atoms with Crippen LogP contribution >= 0.6 is 11.3 Å². The number of thiazole rings is 1. The highest BCUT2D eigenvalue weighted by atomic mass is 32.1. The van der Waals surface area contributed by atoms with E-state index in [-0.39, 0.29) is 5.91 Å². The number of hydrogen-bond acceptors (Lipinski definition) is 4. The van der Waals surface area contributed by atoms with E-state index in [1.54, 1.807) is 5.51 Å². The van der Waals surface area contributed by atoms with Crippen LogP contribution in [0.1, 0.15) is 44.9 Å². The molecule has 0 aromatic carbocycles. The Kier molecular flexibility index (Phi) is 4.47. The molecule has 2 heterocycles. The van der Waals surface area contributed by atoms with E-state index in [1.807, 2.05) is 27.7 Å². The number of aryl methyl sites for hydroxylation is 1. The molecule has 0 aliphatic carbocycles. The molecule has 1 saturated heterocycles. The summed E-state index contributed by atoms with van der Waals surface area (Å²) < 4.78 is 0. The van der Waals surface area contributed by atoms with E-state index in [9.17, 15) is 14.7 Å². The number of carboxylic acid groups (broad SMARTS) is 1. The highest BCUT2D eigenvalue weighted by Crippen LogP contribution is 2.43. The fraction of sp³-hybridized carbons (Fsp3) is 0.667. The number of piperidine rings is 1. The number of aromatic nitrogens is 1. The van der Waals surface area contributed by atoms with Crippen molar-refractivity contribution in [1.82, 2.24) is 9.88 Å². The molecule has 1 fully saturated rings. The number of carbonyl (C=O) groups excluding carboxylic acids is 1. The normalized spacial score (nSPS) is 22.5. The summed E-state index contributed by atoms with van der Waals surface area (Å²) in [5, 5.41) is 12.4. The number of hydrogen-bond donors (Lipinski definition) is 2. The van der Waals surface area contributed by atoms with E-state index >= 15 is 0 Å². The fourth-order valence-corrected chi connectivity index (χ4v) is 3.76. The van der Waals surface area contributed by atoms with E-state index in [0.717, 1.165) is 17.7 Å². The number of nitrogens with zero attached hydrogens (tertiary/aromatic N) is 2. The summed E-state index contributed by atoms with van der Waals surface area (Å²) in [4.78, 5) is 31.2. The first-order chi connectivity index (χ1) is 10.2. The van der Waals surface area contributed by atoms with Crippen molar-refractivity contribution in [3.8, 4) is 0 Å². The number of nitrogens with one attached hydrogen (secondary N) is 1. The summed E-state index contributed by atoms with van der Waals surface area (Å²) >= 11 is 1.45. The van der Waals surface area contributed by atoms with Crippen molar-refractivity contribution < 1.29 is 14.7 Å². The number of carbonyl (C=O) groups is 2. The Bertz CT molecular complexity index is 579. The van der Waals surface area contributed by atoms with Crippen LogP contribution in [0.3, 0.4) is 0 Å². The van der Waals surface area contributed by atoms with Crippen LogP contribution in [-0.4, -0.2) is 39.1 Å². The first-order valence-electron chi connectivity index (χ1n) is 7.42. The molecule has 0 bridgehead atoms. The number of anilines is 1. The Hall–Kier alpha value is -1.63. The topological polar surface area (TPSA) is 82.5 Å². The maximum atomic E-state index is 13.0. The molecular weight excluding hydrogens is 302 g/mol. The molecule has 1 aromatic heterocycles. The second-order valence-electron chi connectivity index (χ2n) is 6.71. The predicted molar refractivity (Wildman–Crippen MR) is 86.2 cm³/mol. The zero-order valence-corrected chi connectivity index (χ0v) is 14.3. The van der Waals surface area contributed by atoms with Crippen molar-refractivity contribution in [3.63, 3.8) is 0 Å². The quantitative estimate of drug-likeness (QED) is 0.873. The SMILES string of the molecule is Cc1scnc1NC(=O)[C@@]1(C(C)(C)C)CCCCN1C(=O)O. The van der Waals surface area contributed by atoms with Gasteiger partial charge in [-0.1, -0.05) is 20.8 Å². The predicted octanol–water partition coefficient (Wildman–Crippen LogP) is 3.34. The van der Waals surface area contributed by atoms with Crippen LogP contribution in [0.4, 0.5) is 10.6 Å². The van der Waals surface area contributed by atoms with Crippen molar-refractivity contribution in [3.05, 3.63) is 10.4 Å². The molecule has 22 heavy (non-hydrogen) atoms. The zero-order chi connectivity index (χ0) is 16.5. The minimum Gasteiger partial charge on any atom is -0.465 e. The van der Waals surface area contributed by atoms with E-state index in [2.05, 4.69) is 10.3 Å². The van der Waals surface area contributed by atoms with Gasteiger partial charge in [-0.3, -0.25) is 9.69 Å². The molecule has 2 rings (SSSR count). The van der Waals surface area contributed by atoms with Crippen molar-refractivity contribution in [1.29, 1.82) is 0 Å². The summed E-state index contributed by atoms with van der Waals surface area (Å²) in [6, 6.07) is 0. The van der Waals surface area contributed by atoms with Crippen molar-refractivity contribution in [2.75, 3.05) is 11.9 Å². The average molecular weight is 325 g/mol. The van der Waals surface area contributed by atoms with Gasteiger partial charge in [-0.15, -0.1) is 11.3 Å². The summed E-state index contributed by atoms with van der Waals surface area (Å²) in [6.07, 6.45) is 1.11. The minimum absolute atomic E-state index is 0.281. The van der Waals surface area contributed by atoms with E-state index < -0.39 is 17.0 Å². The molecule has 0 unspecified atom stereocenters. The van der Waals surface area contributed by atoms with Gasteiger partial charge in [0.05, 0.1) is 5.51 Å². The first-order valence-corrected chi connectivity index (χ1v) is 8.30. The lowest BCUT2D eigenvalue weighted by molar-refractivity contribution is -0.137. The third kappa shape index (κ3) is 2.69. The second kappa shape index (κ2) is 5.87. The lowest BCUT2D eigenvalue weighted by Gasteiger charge is -2.51.